The molecule has 0 saturated carbocycles. The number of benzene rings is 1. The van der Waals surface area contributed by atoms with E-state index in [0.29, 0.717) is 25.1 Å². The summed E-state index contributed by atoms with van der Waals surface area (Å²) in [6.45, 7) is 2.66. The van der Waals surface area contributed by atoms with Crippen LogP contribution in [0, 0.1) is 0 Å². The number of hydrogen-bond donors (Lipinski definition) is 2. The Hall–Kier alpha value is -2.58. The Kier molecular flexibility index (Phi) is 5.78. The molecule has 1 aromatic heterocycles. The standard InChI is InChI=1S/C15H18F3N5O/c1-11(12-4-2-5-13(8-12)15(16,17)18)22-14(24)20-6-3-7-23-10-19-9-21-23/h2,4-5,8-11H,3,6-7H2,1H3,(H2,20,22,24)/t11-/m1/s1. The van der Waals surface area contributed by atoms with Gasteiger partial charge in [0.15, 0.2) is 0 Å². The Morgan fingerprint density at radius 2 is 2.17 bits per heavy atom. The number of carbonyl (C=O) groups is 1. The Balaban J connectivity index is 1.78. The van der Waals surface area contributed by atoms with Crippen LogP contribution in [0.5, 0.6) is 0 Å². The highest BCUT2D eigenvalue weighted by Gasteiger charge is 2.30. The number of halogens is 3. The van der Waals surface area contributed by atoms with Gasteiger partial charge in [-0.3, -0.25) is 4.68 Å². The molecule has 0 aliphatic rings. The van der Waals surface area contributed by atoms with Gasteiger partial charge in [-0.15, -0.1) is 0 Å². The topological polar surface area (TPSA) is 71.8 Å². The van der Waals surface area contributed by atoms with Crippen LogP contribution >= 0.6 is 0 Å². The summed E-state index contributed by atoms with van der Waals surface area (Å²) < 4.78 is 39.8. The summed E-state index contributed by atoms with van der Waals surface area (Å²) in [6, 6.07) is 3.94. The fourth-order valence-electron chi connectivity index (χ4n) is 2.11. The number of hydrogen-bond acceptors (Lipinski definition) is 3. The molecule has 1 heterocycles. The fraction of sp³-hybridized carbons (Fsp3) is 0.400. The molecule has 0 saturated heterocycles. The maximum Gasteiger partial charge on any atom is 0.416 e. The molecule has 1 atom stereocenters. The molecular formula is C15H18F3N5O. The van der Waals surface area contributed by atoms with Crippen molar-refractivity contribution >= 4 is 6.03 Å². The van der Waals surface area contributed by atoms with Crippen molar-refractivity contribution in [2.75, 3.05) is 6.54 Å². The Morgan fingerprint density at radius 1 is 1.38 bits per heavy atom. The number of rotatable bonds is 6. The zero-order chi connectivity index (χ0) is 17.6. The van der Waals surface area contributed by atoms with Crippen molar-refractivity contribution in [3.8, 4) is 0 Å². The van der Waals surface area contributed by atoms with Gasteiger partial charge in [0.1, 0.15) is 12.7 Å². The molecule has 0 aliphatic carbocycles. The molecule has 2 rings (SSSR count). The van der Waals surface area contributed by atoms with Crippen molar-refractivity contribution in [2.45, 2.75) is 32.1 Å². The third-order valence-corrected chi connectivity index (χ3v) is 3.38. The number of aryl methyl sites for hydroxylation is 1. The largest absolute Gasteiger partial charge is 0.416 e. The van der Waals surface area contributed by atoms with E-state index in [1.165, 1.54) is 12.4 Å². The molecule has 0 fully saturated rings. The summed E-state index contributed by atoms with van der Waals surface area (Å²) >= 11 is 0. The molecule has 1 aromatic carbocycles. The second-order valence-corrected chi connectivity index (χ2v) is 5.26. The maximum atomic E-state index is 12.7. The van der Waals surface area contributed by atoms with E-state index < -0.39 is 23.8 Å². The van der Waals surface area contributed by atoms with Crippen LogP contribution in [0.4, 0.5) is 18.0 Å². The van der Waals surface area contributed by atoms with Crippen molar-refractivity contribution in [3.05, 3.63) is 48.0 Å². The van der Waals surface area contributed by atoms with Gasteiger partial charge in [0.2, 0.25) is 0 Å². The van der Waals surface area contributed by atoms with Gasteiger partial charge < -0.3 is 10.6 Å². The molecule has 130 valence electrons. The van der Waals surface area contributed by atoms with Crippen LogP contribution < -0.4 is 10.6 Å². The van der Waals surface area contributed by atoms with E-state index in [-0.39, 0.29) is 0 Å². The molecular weight excluding hydrogens is 323 g/mol. The first-order valence-electron chi connectivity index (χ1n) is 7.40. The number of nitrogens with zero attached hydrogens (tertiary/aromatic N) is 3. The second kappa shape index (κ2) is 7.80. The number of alkyl halides is 3. The van der Waals surface area contributed by atoms with Gasteiger partial charge in [0.05, 0.1) is 11.6 Å². The number of carbonyl (C=O) groups excluding carboxylic acids is 1. The summed E-state index contributed by atoms with van der Waals surface area (Å²) in [5, 5.41) is 9.21. The van der Waals surface area contributed by atoms with E-state index in [2.05, 4.69) is 20.7 Å². The van der Waals surface area contributed by atoms with E-state index in [4.69, 9.17) is 0 Å². The van der Waals surface area contributed by atoms with Crippen LogP contribution in [0.1, 0.15) is 30.5 Å². The number of urea groups is 1. The second-order valence-electron chi connectivity index (χ2n) is 5.26. The minimum atomic E-state index is -4.40. The first kappa shape index (κ1) is 17.8. The van der Waals surface area contributed by atoms with Crippen LogP contribution in [-0.2, 0) is 12.7 Å². The SMILES string of the molecule is C[C@@H](NC(=O)NCCCn1cncn1)c1cccc(C(F)(F)F)c1. The minimum absolute atomic E-state index is 0.391. The molecule has 2 N–H and O–H groups in total. The summed E-state index contributed by atoms with van der Waals surface area (Å²) in [6.07, 6.45) is -0.735. The lowest BCUT2D eigenvalue weighted by molar-refractivity contribution is -0.137. The highest BCUT2D eigenvalue weighted by Crippen LogP contribution is 2.30. The maximum absolute atomic E-state index is 12.7. The highest BCUT2D eigenvalue weighted by molar-refractivity contribution is 5.74. The summed E-state index contributed by atoms with van der Waals surface area (Å²) in [4.78, 5) is 15.6. The predicted molar refractivity (Wildman–Crippen MR) is 81.0 cm³/mol. The monoisotopic (exact) mass is 341 g/mol. The van der Waals surface area contributed by atoms with E-state index in [9.17, 15) is 18.0 Å². The van der Waals surface area contributed by atoms with Crippen LogP contribution in [-0.4, -0.2) is 27.3 Å². The van der Waals surface area contributed by atoms with Gasteiger partial charge in [-0.2, -0.15) is 18.3 Å². The number of nitrogens with one attached hydrogen (secondary N) is 2. The van der Waals surface area contributed by atoms with Crippen LogP contribution in [0.3, 0.4) is 0 Å². The third-order valence-electron chi connectivity index (χ3n) is 3.38. The molecule has 0 unspecified atom stereocenters. The van der Waals surface area contributed by atoms with Crippen molar-refractivity contribution in [3.63, 3.8) is 0 Å². The molecule has 0 aliphatic heterocycles. The van der Waals surface area contributed by atoms with Gasteiger partial charge in [-0.1, -0.05) is 12.1 Å². The summed E-state index contributed by atoms with van der Waals surface area (Å²) in [5.41, 5.74) is -0.343. The van der Waals surface area contributed by atoms with E-state index in [1.54, 1.807) is 24.0 Å². The van der Waals surface area contributed by atoms with Gasteiger partial charge in [-0.05, 0) is 31.0 Å². The number of aromatic nitrogens is 3. The van der Waals surface area contributed by atoms with Crippen molar-refractivity contribution < 1.29 is 18.0 Å². The lowest BCUT2D eigenvalue weighted by atomic mass is 10.1. The summed E-state index contributed by atoms with van der Waals surface area (Å²) in [7, 11) is 0. The molecule has 9 heteroatoms. The lowest BCUT2D eigenvalue weighted by Crippen LogP contribution is -2.37. The van der Waals surface area contributed by atoms with E-state index in [0.717, 1.165) is 12.1 Å². The Bertz CT molecular complexity index is 657. The molecule has 2 aromatic rings. The highest BCUT2D eigenvalue weighted by atomic mass is 19.4. The molecule has 2 amide bonds. The molecule has 0 spiro atoms. The zero-order valence-electron chi connectivity index (χ0n) is 13.0. The van der Waals surface area contributed by atoms with Crippen molar-refractivity contribution in [2.24, 2.45) is 0 Å². The Morgan fingerprint density at radius 3 is 2.83 bits per heavy atom. The average Bonchev–Trinajstić information content (AvgIpc) is 3.04. The van der Waals surface area contributed by atoms with E-state index in [1.807, 2.05) is 0 Å². The molecule has 24 heavy (non-hydrogen) atoms. The van der Waals surface area contributed by atoms with Crippen LogP contribution in [0.2, 0.25) is 0 Å². The van der Waals surface area contributed by atoms with E-state index >= 15 is 0 Å². The first-order chi connectivity index (χ1) is 11.4. The summed E-state index contributed by atoms with van der Waals surface area (Å²) in [5.74, 6) is 0. The van der Waals surface area contributed by atoms with Gasteiger partial charge in [-0.25, -0.2) is 9.78 Å². The van der Waals surface area contributed by atoms with Gasteiger partial charge in [0, 0.05) is 13.1 Å². The molecule has 0 radical (unpaired) electrons. The van der Waals surface area contributed by atoms with Crippen molar-refractivity contribution in [1.82, 2.24) is 25.4 Å². The van der Waals surface area contributed by atoms with Crippen LogP contribution in [0.25, 0.3) is 0 Å². The van der Waals surface area contributed by atoms with Crippen LogP contribution in [0.15, 0.2) is 36.9 Å². The molecule has 6 nitrogen and oxygen atoms in total. The lowest BCUT2D eigenvalue weighted by Gasteiger charge is -2.16. The Labute approximate surface area is 137 Å². The number of amides is 2. The first-order valence-corrected chi connectivity index (χ1v) is 7.40. The molecule has 0 bridgehead atoms. The zero-order valence-corrected chi connectivity index (χ0v) is 13.0. The van der Waals surface area contributed by atoms with Gasteiger partial charge >= 0.3 is 12.2 Å². The van der Waals surface area contributed by atoms with Crippen molar-refractivity contribution in [1.29, 1.82) is 0 Å². The third kappa shape index (κ3) is 5.25. The predicted octanol–water partition coefficient (Wildman–Crippen LogP) is 2.75. The smallest absolute Gasteiger partial charge is 0.338 e. The minimum Gasteiger partial charge on any atom is -0.338 e. The van der Waals surface area contributed by atoms with Gasteiger partial charge in [0.25, 0.3) is 0 Å². The normalized spacial score (nSPS) is 12.7. The fourth-order valence-corrected chi connectivity index (χ4v) is 2.11. The average molecular weight is 341 g/mol. The quantitative estimate of drug-likeness (QED) is 0.794.